The van der Waals surface area contributed by atoms with Crippen LogP contribution in [0.25, 0.3) is 5.57 Å². The molecule has 0 saturated carbocycles. The first kappa shape index (κ1) is 11.1. The molecule has 0 unspecified atom stereocenters. The van der Waals surface area contributed by atoms with Gasteiger partial charge in [0.2, 0.25) is 0 Å². The number of ether oxygens (including phenoxy) is 3. The molecule has 0 saturated heterocycles. The first-order chi connectivity index (χ1) is 8.74. The number of aryl methyl sites for hydroxylation is 1. The number of carbonyl (C=O) groups is 1. The summed E-state index contributed by atoms with van der Waals surface area (Å²) >= 11 is 0. The molecule has 2 aliphatic rings. The highest BCUT2D eigenvalue weighted by Gasteiger charge is 2.32. The Balaban J connectivity index is 2.21. The fourth-order valence-electron chi connectivity index (χ4n) is 2.63. The number of cyclic esters (lactones) is 1. The van der Waals surface area contributed by atoms with Crippen LogP contribution in [0.5, 0.6) is 11.5 Å². The van der Waals surface area contributed by atoms with E-state index in [0.29, 0.717) is 6.61 Å². The van der Waals surface area contributed by atoms with Crippen molar-refractivity contribution in [2.24, 2.45) is 0 Å². The number of fused-ring (bicyclic) bond motifs is 2. The van der Waals surface area contributed by atoms with E-state index >= 15 is 0 Å². The zero-order valence-electron chi connectivity index (χ0n) is 10.4. The van der Waals surface area contributed by atoms with Crippen molar-refractivity contribution in [1.29, 1.82) is 0 Å². The minimum absolute atomic E-state index is 0.187. The van der Waals surface area contributed by atoms with Gasteiger partial charge < -0.3 is 14.2 Å². The lowest BCUT2D eigenvalue weighted by atomic mass is 9.86. The molecular formula is C14H14O4. The Labute approximate surface area is 105 Å². The van der Waals surface area contributed by atoms with E-state index in [0.717, 1.165) is 46.6 Å². The third-order valence-corrected chi connectivity index (χ3v) is 3.52. The summed E-state index contributed by atoms with van der Waals surface area (Å²) in [6, 6.07) is 3.85. The summed E-state index contributed by atoms with van der Waals surface area (Å²) in [4.78, 5) is 11.6. The third-order valence-electron chi connectivity index (χ3n) is 3.52. The second-order valence-electron chi connectivity index (χ2n) is 4.40. The van der Waals surface area contributed by atoms with Gasteiger partial charge in [-0.15, -0.1) is 0 Å². The van der Waals surface area contributed by atoms with E-state index in [1.54, 1.807) is 14.2 Å². The van der Waals surface area contributed by atoms with Crippen LogP contribution in [0.4, 0.5) is 0 Å². The van der Waals surface area contributed by atoms with Gasteiger partial charge in [-0.1, -0.05) is 0 Å². The highest BCUT2D eigenvalue weighted by molar-refractivity contribution is 6.03. The van der Waals surface area contributed by atoms with Gasteiger partial charge in [-0.05, 0) is 24.5 Å². The quantitative estimate of drug-likeness (QED) is 0.748. The average molecular weight is 246 g/mol. The van der Waals surface area contributed by atoms with Crippen molar-refractivity contribution in [2.75, 3.05) is 20.8 Å². The molecule has 1 aliphatic carbocycles. The predicted octanol–water partition coefficient (Wildman–Crippen LogP) is 1.96. The SMILES string of the molecule is COc1cc2c(c(OC)c1)C1=C(CC2)C(=O)OC1. The normalized spacial score (nSPS) is 17.1. The Morgan fingerprint density at radius 3 is 2.67 bits per heavy atom. The molecule has 4 nitrogen and oxygen atoms in total. The van der Waals surface area contributed by atoms with Crippen molar-refractivity contribution in [3.05, 3.63) is 28.8 Å². The van der Waals surface area contributed by atoms with Gasteiger partial charge in [0.15, 0.2) is 0 Å². The Bertz CT molecular complexity index is 557. The molecule has 0 N–H and O–H groups in total. The minimum Gasteiger partial charge on any atom is -0.497 e. The van der Waals surface area contributed by atoms with Crippen LogP contribution in [0, 0.1) is 0 Å². The number of carbonyl (C=O) groups excluding carboxylic acids is 1. The summed E-state index contributed by atoms with van der Waals surface area (Å²) in [5.41, 5.74) is 3.93. The summed E-state index contributed by atoms with van der Waals surface area (Å²) in [5, 5.41) is 0. The summed E-state index contributed by atoms with van der Waals surface area (Å²) < 4.78 is 15.8. The molecule has 0 aromatic heterocycles. The van der Waals surface area contributed by atoms with Gasteiger partial charge in [0.05, 0.1) is 14.2 Å². The van der Waals surface area contributed by atoms with Gasteiger partial charge in [0.25, 0.3) is 0 Å². The van der Waals surface area contributed by atoms with Crippen LogP contribution in [-0.4, -0.2) is 26.8 Å². The number of methoxy groups -OCH3 is 2. The zero-order chi connectivity index (χ0) is 12.7. The molecule has 3 rings (SSSR count). The van der Waals surface area contributed by atoms with Gasteiger partial charge in [0, 0.05) is 22.8 Å². The smallest absolute Gasteiger partial charge is 0.334 e. The molecular weight excluding hydrogens is 232 g/mol. The van der Waals surface area contributed by atoms with Crippen LogP contribution in [-0.2, 0) is 16.0 Å². The summed E-state index contributed by atoms with van der Waals surface area (Å²) in [7, 11) is 3.26. The summed E-state index contributed by atoms with van der Waals surface area (Å²) in [5.74, 6) is 1.34. The first-order valence-corrected chi connectivity index (χ1v) is 5.89. The van der Waals surface area contributed by atoms with Crippen molar-refractivity contribution in [1.82, 2.24) is 0 Å². The fraction of sp³-hybridized carbons (Fsp3) is 0.357. The van der Waals surface area contributed by atoms with E-state index in [2.05, 4.69) is 0 Å². The average Bonchev–Trinajstić information content (AvgIpc) is 2.79. The Hall–Kier alpha value is -1.97. The monoisotopic (exact) mass is 246 g/mol. The van der Waals surface area contributed by atoms with Crippen molar-refractivity contribution in [3.63, 3.8) is 0 Å². The topological polar surface area (TPSA) is 44.8 Å². The molecule has 0 radical (unpaired) electrons. The van der Waals surface area contributed by atoms with Gasteiger partial charge in [-0.25, -0.2) is 4.79 Å². The van der Waals surface area contributed by atoms with E-state index in [9.17, 15) is 4.79 Å². The summed E-state index contributed by atoms with van der Waals surface area (Å²) in [6.07, 6.45) is 1.55. The van der Waals surface area contributed by atoms with Gasteiger partial charge >= 0.3 is 5.97 Å². The number of hydrogen-bond donors (Lipinski definition) is 0. The maximum absolute atomic E-state index is 11.6. The third kappa shape index (κ3) is 1.49. The highest BCUT2D eigenvalue weighted by atomic mass is 16.5. The van der Waals surface area contributed by atoms with Crippen LogP contribution in [0.15, 0.2) is 17.7 Å². The van der Waals surface area contributed by atoms with Gasteiger partial charge in [-0.3, -0.25) is 0 Å². The maximum Gasteiger partial charge on any atom is 0.334 e. The molecule has 0 fully saturated rings. The van der Waals surface area contributed by atoms with E-state index in [-0.39, 0.29) is 5.97 Å². The first-order valence-electron chi connectivity index (χ1n) is 5.89. The van der Waals surface area contributed by atoms with Crippen molar-refractivity contribution in [2.45, 2.75) is 12.8 Å². The molecule has 18 heavy (non-hydrogen) atoms. The maximum atomic E-state index is 11.6. The van der Waals surface area contributed by atoms with Crippen molar-refractivity contribution in [3.8, 4) is 11.5 Å². The lowest BCUT2D eigenvalue weighted by Gasteiger charge is -2.20. The summed E-state index contributed by atoms with van der Waals surface area (Å²) in [6.45, 7) is 0.351. The van der Waals surface area contributed by atoms with E-state index in [1.165, 1.54) is 0 Å². The molecule has 0 amide bonds. The van der Waals surface area contributed by atoms with Gasteiger partial charge in [0.1, 0.15) is 18.1 Å². The zero-order valence-corrected chi connectivity index (χ0v) is 10.4. The number of esters is 1. The Kier molecular flexibility index (Phi) is 2.51. The number of benzene rings is 1. The van der Waals surface area contributed by atoms with Crippen molar-refractivity contribution >= 4 is 11.5 Å². The van der Waals surface area contributed by atoms with E-state index < -0.39 is 0 Å². The second-order valence-corrected chi connectivity index (χ2v) is 4.40. The van der Waals surface area contributed by atoms with Crippen molar-refractivity contribution < 1.29 is 19.0 Å². The van der Waals surface area contributed by atoms with Crippen LogP contribution in [0.3, 0.4) is 0 Å². The van der Waals surface area contributed by atoms with E-state index in [4.69, 9.17) is 14.2 Å². The van der Waals surface area contributed by atoms with Crippen LogP contribution in [0.1, 0.15) is 17.5 Å². The van der Waals surface area contributed by atoms with E-state index in [1.807, 2.05) is 12.1 Å². The largest absolute Gasteiger partial charge is 0.497 e. The molecule has 94 valence electrons. The molecule has 4 heteroatoms. The standard InChI is InChI=1S/C14H14O4/c1-16-9-5-8-3-4-10-11(7-18-14(10)15)13(8)12(6-9)17-2/h5-6H,3-4,7H2,1-2H3. The Morgan fingerprint density at radius 1 is 1.11 bits per heavy atom. The lowest BCUT2D eigenvalue weighted by Crippen LogP contribution is -2.08. The molecule has 1 heterocycles. The van der Waals surface area contributed by atoms with Crippen LogP contribution in [0.2, 0.25) is 0 Å². The van der Waals surface area contributed by atoms with Crippen LogP contribution >= 0.6 is 0 Å². The predicted molar refractivity (Wildman–Crippen MR) is 65.7 cm³/mol. The number of hydrogen-bond acceptors (Lipinski definition) is 4. The molecule has 1 aliphatic heterocycles. The fourth-order valence-corrected chi connectivity index (χ4v) is 2.63. The molecule has 0 bridgehead atoms. The number of rotatable bonds is 2. The lowest BCUT2D eigenvalue weighted by molar-refractivity contribution is -0.136. The Morgan fingerprint density at radius 2 is 1.94 bits per heavy atom. The molecule has 1 aromatic carbocycles. The van der Waals surface area contributed by atoms with Gasteiger partial charge in [-0.2, -0.15) is 0 Å². The highest BCUT2D eigenvalue weighted by Crippen LogP contribution is 2.42. The molecule has 0 atom stereocenters. The molecule has 1 aromatic rings. The van der Waals surface area contributed by atoms with Crippen LogP contribution < -0.4 is 9.47 Å². The second kappa shape index (κ2) is 4.05. The molecule has 0 spiro atoms. The minimum atomic E-state index is -0.187.